The van der Waals surface area contributed by atoms with Gasteiger partial charge in [-0.05, 0) is 49.6 Å². The smallest absolute Gasteiger partial charge is 0.376 e. The molecule has 0 aliphatic rings. The van der Waals surface area contributed by atoms with E-state index in [4.69, 9.17) is 0 Å². The molecule has 0 saturated carbocycles. The Kier molecular flexibility index (Phi) is 4.71. The van der Waals surface area contributed by atoms with Gasteiger partial charge < -0.3 is 10.4 Å². The van der Waals surface area contributed by atoms with E-state index in [1.54, 1.807) is 0 Å². The van der Waals surface area contributed by atoms with Crippen LogP contribution in [0.5, 0.6) is 0 Å². The normalized spacial score (nSPS) is 14.1. The van der Waals surface area contributed by atoms with Crippen LogP contribution < -0.4 is 5.32 Å². The highest BCUT2D eigenvalue weighted by atomic mass is 19.4. The second-order valence-electron chi connectivity index (χ2n) is 5.87. The van der Waals surface area contributed by atoms with Crippen molar-refractivity contribution in [2.24, 2.45) is 0 Å². The Bertz CT molecular complexity index is 730. The molecule has 0 saturated heterocycles. The van der Waals surface area contributed by atoms with Crippen LogP contribution in [-0.4, -0.2) is 17.2 Å². The molecule has 3 nitrogen and oxygen atoms in total. The van der Waals surface area contributed by atoms with Crippen LogP contribution >= 0.6 is 0 Å². The van der Waals surface area contributed by atoms with Gasteiger partial charge in [0.05, 0.1) is 0 Å². The van der Waals surface area contributed by atoms with E-state index in [1.807, 2.05) is 32.0 Å². The number of anilines is 1. The summed E-state index contributed by atoms with van der Waals surface area (Å²) in [7, 11) is 0. The molecule has 0 heterocycles. The molecule has 0 bridgehead atoms. The van der Waals surface area contributed by atoms with Gasteiger partial charge in [-0.15, -0.1) is 0 Å². The summed E-state index contributed by atoms with van der Waals surface area (Å²) in [6.45, 7) is 4.31. The Morgan fingerprint density at radius 3 is 1.96 bits per heavy atom. The first kappa shape index (κ1) is 18.0. The monoisotopic (exact) mass is 337 g/mol. The molecule has 0 aliphatic carbocycles. The van der Waals surface area contributed by atoms with E-state index < -0.39 is 11.8 Å². The number of carbonyl (C=O) groups excluding carboxylic acids is 1. The zero-order valence-electron chi connectivity index (χ0n) is 13.5. The zero-order valence-corrected chi connectivity index (χ0v) is 13.5. The number of alkyl halides is 3. The van der Waals surface area contributed by atoms with Crippen LogP contribution in [0.2, 0.25) is 0 Å². The van der Waals surface area contributed by atoms with Gasteiger partial charge in [0.1, 0.15) is 0 Å². The number of halogens is 3. The largest absolute Gasteiger partial charge is 0.421 e. The summed E-state index contributed by atoms with van der Waals surface area (Å²) in [6, 6.07) is 10.4. The fourth-order valence-electron chi connectivity index (χ4n) is 2.41. The van der Waals surface area contributed by atoms with Gasteiger partial charge in [0.15, 0.2) is 5.60 Å². The first-order chi connectivity index (χ1) is 11.0. The molecule has 6 heteroatoms. The second-order valence-corrected chi connectivity index (χ2v) is 5.87. The van der Waals surface area contributed by atoms with E-state index >= 15 is 0 Å². The summed E-state index contributed by atoms with van der Waals surface area (Å²) in [5.41, 5.74) is -0.733. The van der Waals surface area contributed by atoms with Gasteiger partial charge in [-0.1, -0.05) is 30.3 Å². The molecule has 2 aromatic rings. The number of aliphatic hydroxyl groups is 1. The molecule has 2 rings (SSSR count). The van der Waals surface area contributed by atoms with Crippen molar-refractivity contribution in [3.05, 3.63) is 64.7 Å². The SMILES string of the molecule is Cc1cccc(C)c1C(=O)Nc1ccc(C(C)(O)C(F)(F)F)cc1. The fraction of sp³-hybridized carbons (Fsp3) is 0.278. The summed E-state index contributed by atoms with van der Waals surface area (Å²) in [5.74, 6) is -0.332. The van der Waals surface area contributed by atoms with E-state index in [-0.39, 0.29) is 11.5 Å². The average molecular weight is 337 g/mol. The quantitative estimate of drug-likeness (QED) is 0.876. The molecule has 1 unspecified atom stereocenters. The lowest BCUT2D eigenvalue weighted by molar-refractivity contribution is -0.258. The van der Waals surface area contributed by atoms with Crippen molar-refractivity contribution in [1.29, 1.82) is 0 Å². The predicted octanol–water partition coefficient (Wildman–Crippen LogP) is 4.33. The van der Waals surface area contributed by atoms with Crippen molar-refractivity contribution in [3.63, 3.8) is 0 Å². The Balaban J connectivity index is 2.22. The van der Waals surface area contributed by atoms with Gasteiger partial charge in [-0.2, -0.15) is 13.2 Å². The molecule has 0 fully saturated rings. The lowest BCUT2D eigenvalue weighted by Crippen LogP contribution is -2.39. The highest BCUT2D eigenvalue weighted by Crippen LogP contribution is 2.38. The Hall–Kier alpha value is -2.34. The van der Waals surface area contributed by atoms with E-state index in [2.05, 4.69) is 5.32 Å². The zero-order chi connectivity index (χ0) is 18.1. The second kappa shape index (κ2) is 6.28. The lowest BCUT2D eigenvalue weighted by Gasteiger charge is -2.26. The molecule has 2 aromatic carbocycles. The average Bonchev–Trinajstić information content (AvgIpc) is 2.46. The van der Waals surface area contributed by atoms with Gasteiger partial charge in [-0.3, -0.25) is 4.79 Å². The number of rotatable bonds is 3. The van der Waals surface area contributed by atoms with Gasteiger partial charge in [-0.25, -0.2) is 0 Å². The third-order valence-electron chi connectivity index (χ3n) is 3.97. The number of amides is 1. The Morgan fingerprint density at radius 1 is 1.00 bits per heavy atom. The van der Waals surface area contributed by atoms with Crippen LogP contribution in [0.15, 0.2) is 42.5 Å². The Morgan fingerprint density at radius 2 is 1.50 bits per heavy atom. The molecule has 0 spiro atoms. The van der Waals surface area contributed by atoms with Gasteiger partial charge >= 0.3 is 6.18 Å². The standard InChI is InChI=1S/C18H18F3NO2/c1-11-5-4-6-12(2)15(11)16(23)22-14-9-7-13(8-10-14)17(3,24)18(19,20)21/h4-10,24H,1-3H3,(H,22,23). The minimum atomic E-state index is -4.78. The van der Waals surface area contributed by atoms with Crippen LogP contribution in [0, 0.1) is 13.8 Å². The summed E-state index contributed by atoms with van der Waals surface area (Å²) < 4.78 is 38.5. The predicted molar refractivity (Wildman–Crippen MR) is 85.9 cm³/mol. The summed E-state index contributed by atoms with van der Waals surface area (Å²) in [6.07, 6.45) is -4.78. The van der Waals surface area contributed by atoms with Gasteiger partial charge in [0, 0.05) is 11.3 Å². The number of hydrogen-bond donors (Lipinski definition) is 2. The molecular formula is C18H18F3NO2. The lowest BCUT2D eigenvalue weighted by atomic mass is 9.95. The minimum Gasteiger partial charge on any atom is -0.376 e. The highest BCUT2D eigenvalue weighted by Gasteiger charge is 2.51. The summed E-state index contributed by atoms with van der Waals surface area (Å²) in [4.78, 5) is 12.4. The first-order valence-corrected chi connectivity index (χ1v) is 7.31. The first-order valence-electron chi connectivity index (χ1n) is 7.31. The summed E-state index contributed by atoms with van der Waals surface area (Å²) in [5, 5.41) is 12.3. The molecule has 128 valence electrons. The summed E-state index contributed by atoms with van der Waals surface area (Å²) >= 11 is 0. The molecule has 1 atom stereocenters. The van der Waals surface area contributed by atoms with Gasteiger partial charge in [0.2, 0.25) is 0 Å². The van der Waals surface area contributed by atoms with Crippen molar-refractivity contribution in [2.45, 2.75) is 32.5 Å². The maximum absolute atomic E-state index is 12.8. The number of nitrogens with one attached hydrogen (secondary N) is 1. The van der Waals surface area contributed by atoms with Crippen LogP contribution in [-0.2, 0) is 5.60 Å². The van der Waals surface area contributed by atoms with E-state index in [0.29, 0.717) is 18.2 Å². The fourth-order valence-corrected chi connectivity index (χ4v) is 2.41. The van der Waals surface area contributed by atoms with E-state index in [9.17, 15) is 23.1 Å². The molecule has 0 aliphatic heterocycles. The molecular weight excluding hydrogens is 319 g/mol. The number of aryl methyl sites for hydroxylation is 2. The van der Waals surface area contributed by atoms with Crippen LogP contribution in [0.1, 0.15) is 34.0 Å². The number of hydrogen-bond acceptors (Lipinski definition) is 2. The number of benzene rings is 2. The van der Waals surface area contributed by atoms with E-state index in [1.165, 1.54) is 12.1 Å². The third-order valence-corrected chi connectivity index (χ3v) is 3.97. The van der Waals surface area contributed by atoms with E-state index in [0.717, 1.165) is 23.3 Å². The van der Waals surface area contributed by atoms with Crippen molar-refractivity contribution >= 4 is 11.6 Å². The molecule has 0 radical (unpaired) electrons. The van der Waals surface area contributed by atoms with Crippen molar-refractivity contribution in [2.75, 3.05) is 5.32 Å². The maximum atomic E-state index is 12.8. The topological polar surface area (TPSA) is 49.3 Å². The van der Waals surface area contributed by atoms with Crippen LogP contribution in [0.25, 0.3) is 0 Å². The van der Waals surface area contributed by atoms with Crippen molar-refractivity contribution in [3.8, 4) is 0 Å². The molecule has 0 aromatic heterocycles. The van der Waals surface area contributed by atoms with Crippen molar-refractivity contribution < 1.29 is 23.1 Å². The van der Waals surface area contributed by atoms with Crippen LogP contribution in [0.3, 0.4) is 0 Å². The van der Waals surface area contributed by atoms with Crippen LogP contribution in [0.4, 0.5) is 18.9 Å². The molecule has 24 heavy (non-hydrogen) atoms. The third kappa shape index (κ3) is 3.43. The van der Waals surface area contributed by atoms with Gasteiger partial charge in [0.25, 0.3) is 5.91 Å². The minimum absolute atomic E-state index is 0.292. The highest BCUT2D eigenvalue weighted by molar-refractivity contribution is 6.06. The number of carbonyl (C=O) groups is 1. The maximum Gasteiger partial charge on any atom is 0.421 e. The molecule has 2 N–H and O–H groups in total. The Labute approximate surface area is 138 Å². The van der Waals surface area contributed by atoms with Crippen molar-refractivity contribution in [1.82, 2.24) is 0 Å². The molecule has 1 amide bonds.